The SMILES string of the molecule is CC(=O)SCC1CN(C(=O)OC(C)(C)C)CCN1CC(Cl)c1ccc(F)c(C#N)c1C. The standard InChI is InChI=1S/C22H29ClFN3O3S/c1-14-17(6-7-20(24)18(14)10-25)19(23)12-26-8-9-27(21(29)30-22(3,4)5)11-16(26)13-31-15(2)28/h6-7,16,19H,8-9,11-13H2,1-5H3. The van der Waals surface area contributed by atoms with E-state index in [9.17, 15) is 19.2 Å². The molecular formula is C22H29ClFN3O3S. The van der Waals surface area contributed by atoms with Crippen LogP contribution >= 0.6 is 23.4 Å². The monoisotopic (exact) mass is 469 g/mol. The molecule has 1 amide bonds. The highest BCUT2D eigenvalue weighted by molar-refractivity contribution is 8.13. The predicted molar refractivity (Wildman–Crippen MR) is 121 cm³/mol. The van der Waals surface area contributed by atoms with Crippen molar-refractivity contribution in [1.29, 1.82) is 5.26 Å². The van der Waals surface area contributed by atoms with Gasteiger partial charge < -0.3 is 9.64 Å². The third-order valence-corrected chi connectivity index (χ3v) is 6.37. The molecule has 1 fully saturated rings. The number of alkyl halides is 1. The molecule has 9 heteroatoms. The van der Waals surface area contributed by atoms with Crippen LogP contribution in [0, 0.1) is 24.1 Å². The van der Waals surface area contributed by atoms with E-state index in [0.717, 1.165) is 0 Å². The maximum Gasteiger partial charge on any atom is 0.410 e. The summed E-state index contributed by atoms with van der Waals surface area (Å²) in [5, 5.41) is 8.76. The number of hydrogen-bond donors (Lipinski definition) is 0. The van der Waals surface area contributed by atoms with Crippen molar-refractivity contribution in [3.8, 4) is 6.07 Å². The van der Waals surface area contributed by atoms with Crippen LogP contribution < -0.4 is 0 Å². The number of piperazine rings is 1. The van der Waals surface area contributed by atoms with Gasteiger partial charge in [0.25, 0.3) is 0 Å². The topological polar surface area (TPSA) is 73.6 Å². The second kappa shape index (κ2) is 10.7. The van der Waals surface area contributed by atoms with Crippen molar-refractivity contribution in [2.24, 2.45) is 0 Å². The fourth-order valence-corrected chi connectivity index (χ4v) is 4.63. The second-order valence-corrected chi connectivity index (χ2v) is 10.3. The van der Waals surface area contributed by atoms with E-state index in [4.69, 9.17) is 16.3 Å². The zero-order chi connectivity index (χ0) is 23.3. The Kier molecular flexibility index (Phi) is 8.75. The molecule has 0 spiro atoms. The minimum absolute atomic E-state index is 0.00146. The van der Waals surface area contributed by atoms with E-state index in [1.54, 1.807) is 17.9 Å². The summed E-state index contributed by atoms with van der Waals surface area (Å²) in [5.41, 5.74) is 0.649. The van der Waals surface area contributed by atoms with Gasteiger partial charge in [-0.05, 0) is 44.9 Å². The van der Waals surface area contributed by atoms with Crippen LogP contribution in [0.4, 0.5) is 9.18 Å². The van der Waals surface area contributed by atoms with Crippen molar-refractivity contribution in [3.05, 3.63) is 34.6 Å². The van der Waals surface area contributed by atoms with Crippen molar-refractivity contribution in [3.63, 3.8) is 0 Å². The molecular weight excluding hydrogens is 441 g/mol. The predicted octanol–water partition coefficient (Wildman–Crippen LogP) is 4.49. The first-order valence-electron chi connectivity index (χ1n) is 10.1. The minimum Gasteiger partial charge on any atom is -0.444 e. The van der Waals surface area contributed by atoms with Gasteiger partial charge in [0.2, 0.25) is 0 Å². The van der Waals surface area contributed by atoms with Gasteiger partial charge in [-0.2, -0.15) is 5.26 Å². The Bertz CT molecular complexity index is 869. The van der Waals surface area contributed by atoms with Crippen LogP contribution in [0.25, 0.3) is 0 Å². The lowest BCUT2D eigenvalue weighted by Crippen LogP contribution is -2.57. The smallest absolute Gasteiger partial charge is 0.410 e. The van der Waals surface area contributed by atoms with Gasteiger partial charge in [0.15, 0.2) is 5.12 Å². The summed E-state index contributed by atoms with van der Waals surface area (Å²) >= 11 is 7.90. The summed E-state index contributed by atoms with van der Waals surface area (Å²) in [6.07, 6.45) is -0.375. The molecule has 0 aromatic heterocycles. The molecule has 6 nitrogen and oxygen atoms in total. The lowest BCUT2D eigenvalue weighted by Gasteiger charge is -2.42. The van der Waals surface area contributed by atoms with E-state index < -0.39 is 16.8 Å². The van der Waals surface area contributed by atoms with Gasteiger partial charge in [-0.25, -0.2) is 9.18 Å². The van der Waals surface area contributed by atoms with E-state index in [2.05, 4.69) is 4.90 Å². The Morgan fingerprint density at radius 2 is 2.06 bits per heavy atom. The van der Waals surface area contributed by atoms with Crippen LogP contribution in [0.2, 0.25) is 0 Å². The van der Waals surface area contributed by atoms with Crippen molar-refractivity contribution in [2.45, 2.75) is 51.6 Å². The summed E-state index contributed by atoms with van der Waals surface area (Å²) in [4.78, 5) is 27.9. The molecule has 1 aliphatic rings. The molecule has 1 saturated heterocycles. The first-order chi connectivity index (χ1) is 14.4. The molecule has 2 unspecified atom stereocenters. The number of hydrogen-bond acceptors (Lipinski definition) is 6. The Hall–Kier alpha value is -1.82. The maximum absolute atomic E-state index is 13.9. The third-order valence-electron chi connectivity index (χ3n) is 5.04. The average Bonchev–Trinajstić information content (AvgIpc) is 2.66. The van der Waals surface area contributed by atoms with Gasteiger partial charge in [-0.1, -0.05) is 17.8 Å². The van der Waals surface area contributed by atoms with E-state index in [0.29, 0.717) is 43.1 Å². The van der Waals surface area contributed by atoms with E-state index in [-0.39, 0.29) is 22.8 Å². The molecule has 0 aliphatic carbocycles. The van der Waals surface area contributed by atoms with E-state index >= 15 is 0 Å². The maximum atomic E-state index is 13.9. The number of benzene rings is 1. The van der Waals surface area contributed by atoms with E-state index in [1.807, 2.05) is 26.8 Å². The Morgan fingerprint density at radius 3 is 2.65 bits per heavy atom. The molecule has 0 N–H and O–H groups in total. The molecule has 2 rings (SSSR count). The minimum atomic E-state index is -0.586. The summed E-state index contributed by atoms with van der Waals surface area (Å²) in [5.74, 6) is -0.0429. The number of nitriles is 1. The number of ether oxygens (including phenoxy) is 1. The zero-order valence-electron chi connectivity index (χ0n) is 18.6. The highest BCUT2D eigenvalue weighted by Crippen LogP contribution is 2.30. The molecule has 1 aliphatic heterocycles. The van der Waals surface area contributed by atoms with Gasteiger partial charge in [0, 0.05) is 44.9 Å². The van der Waals surface area contributed by atoms with Crippen molar-refractivity contribution < 1.29 is 18.7 Å². The summed E-state index contributed by atoms with van der Waals surface area (Å²) in [7, 11) is 0. The highest BCUT2D eigenvalue weighted by Gasteiger charge is 2.33. The van der Waals surface area contributed by atoms with Crippen molar-refractivity contribution >= 4 is 34.6 Å². The van der Waals surface area contributed by atoms with Crippen LogP contribution in [0.1, 0.15) is 49.8 Å². The fraction of sp³-hybridized carbons (Fsp3) is 0.591. The number of nitrogens with zero attached hydrogens (tertiary/aromatic N) is 3. The van der Waals surface area contributed by atoms with Crippen molar-refractivity contribution in [1.82, 2.24) is 9.80 Å². The molecule has 1 aromatic carbocycles. The Labute approximate surface area is 192 Å². The summed E-state index contributed by atoms with van der Waals surface area (Å²) in [6, 6.07) is 4.68. The summed E-state index contributed by atoms with van der Waals surface area (Å²) < 4.78 is 19.4. The number of amides is 1. The number of thioether (sulfide) groups is 1. The van der Waals surface area contributed by atoms with Gasteiger partial charge in [0.05, 0.1) is 10.9 Å². The Morgan fingerprint density at radius 1 is 1.39 bits per heavy atom. The molecule has 0 bridgehead atoms. The number of halogens is 2. The van der Waals surface area contributed by atoms with Gasteiger partial charge in [-0.15, -0.1) is 11.6 Å². The van der Waals surface area contributed by atoms with Crippen LogP contribution in [-0.2, 0) is 9.53 Å². The molecule has 1 heterocycles. The fourth-order valence-electron chi connectivity index (χ4n) is 3.47. The molecule has 0 saturated carbocycles. The highest BCUT2D eigenvalue weighted by atomic mass is 35.5. The van der Waals surface area contributed by atoms with Gasteiger partial charge >= 0.3 is 6.09 Å². The zero-order valence-corrected chi connectivity index (χ0v) is 20.1. The van der Waals surface area contributed by atoms with Crippen LogP contribution in [0.5, 0.6) is 0 Å². The molecule has 0 radical (unpaired) electrons. The average molecular weight is 470 g/mol. The quantitative estimate of drug-likeness (QED) is 0.591. The molecule has 170 valence electrons. The van der Waals surface area contributed by atoms with E-state index in [1.165, 1.54) is 24.8 Å². The summed E-state index contributed by atoms with van der Waals surface area (Å²) in [6.45, 7) is 10.6. The number of carbonyl (C=O) groups excluding carboxylic acids is 2. The lowest BCUT2D eigenvalue weighted by molar-refractivity contribution is -0.109. The lowest BCUT2D eigenvalue weighted by atomic mass is 9.99. The van der Waals surface area contributed by atoms with Gasteiger partial charge in [-0.3, -0.25) is 9.69 Å². The van der Waals surface area contributed by atoms with Crippen LogP contribution in [0.15, 0.2) is 12.1 Å². The number of rotatable bonds is 5. The molecule has 2 atom stereocenters. The first kappa shape index (κ1) is 25.4. The van der Waals surface area contributed by atoms with Crippen molar-refractivity contribution in [2.75, 3.05) is 31.9 Å². The molecule has 1 aromatic rings. The van der Waals surface area contributed by atoms with Gasteiger partial charge in [0.1, 0.15) is 17.5 Å². The first-order valence-corrected chi connectivity index (χ1v) is 11.5. The number of carbonyl (C=O) groups is 2. The second-order valence-electron chi connectivity index (χ2n) is 8.59. The Balaban J connectivity index is 2.16. The van der Waals surface area contributed by atoms with Crippen LogP contribution in [-0.4, -0.2) is 64.6 Å². The normalized spacial score (nSPS) is 18.4. The molecule has 31 heavy (non-hydrogen) atoms. The largest absolute Gasteiger partial charge is 0.444 e. The third kappa shape index (κ3) is 7.09. The van der Waals surface area contributed by atoms with Crippen LogP contribution in [0.3, 0.4) is 0 Å².